The predicted octanol–water partition coefficient (Wildman–Crippen LogP) is 3.33. The smallest absolute Gasteiger partial charge is 0.324 e. The first-order chi connectivity index (χ1) is 13.4. The molecule has 0 aliphatic heterocycles. The lowest BCUT2D eigenvalue weighted by Crippen LogP contribution is -2.47. The standard InChI is InChI=1S/C21H28N2O4S/c1-17(2)20(21(24)26-4)23(16-19-13-9-6-10-14-19)28(25)27-22(3)15-18-11-7-5-8-12-18/h5-14,17,20H,15-16H2,1-4H3/t20-,28?/m1/s1. The van der Waals surface area contributed by atoms with Crippen LogP contribution in [-0.2, 0) is 38.2 Å². The van der Waals surface area contributed by atoms with Crippen LogP contribution in [0.3, 0.4) is 0 Å². The van der Waals surface area contributed by atoms with E-state index in [-0.39, 0.29) is 5.92 Å². The summed E-state index contributed by atoms with van der Waals surface area (Å²) >= 11 is -1.88. The zero-order valence-electron chi connectivity index (χ0n) is 16.8. The molecule has 0 saturated carbocycles. The highest BCUT2D eigenvalue weighted by Crippen LogP contribution is 2.20. The van der Waals surface area contributed by atoms with Crippen LogP contribution in [0.2, 0.25) is 0 Å². The maximum atomic E-state index is 13.1. The van der Waals surface area contributed by atoms with Crippen LogP contribution in [0.15, 0.2) is 60.7 Å². The Labute approximate surface area is 169 Å². The highest BCUT2D eigenvalue weighted by Gasteiger charge is 2.35. The molecule has 0 saturated heterocycles. The van der Waals surface area contributed by atoms with Crippen LogP contribution in [0.4, 0.5) is 0 Å². The lowest BCUT2D eigenvalue weighted by Gasteiger charge is -2.31. The molecule has 0 N–H and O–H groups in total. The number of hydrogen-bond donors (Lipinski definition) is 0. The molecular formula is C21H28N2O4S. The van der Waals surface area contributed by atoms with E-state index in [2.05, 4.69) is 0 Å². The molecule has 2 aromatic carbocycles. The second-order valence-corrected chi connectivity index (χ2v) is 7.89. The van der Waals surface area contributed by atoms with Crippen molar-refractivity contribution in [2.45, 2.75) is 33.0 Å². The van der Waals surface area contributed by atoms with Crippen LogP contribution < -0.4 is 0 Å². The minimum absolute atomic E-state index is 0.108. The number of nitrogens with zero attached hydrogens (tertiary/aromatic N) is 2. The van der Waals surface area contributed by atoms with Crippen LogP contribution in [0.5, 0.6) is 0 Å². The Morgan fingerprint density at radius 2 is 1.46 bits per heavy atom. The normalized spacial score (nSPS) is 13.7. The molecule has 7 heteroatoms. The molecule has 0 amide bonds. The van der Waals surface area contributed by atoms with E-state index in [9.17, 15) is 9.00 Å². The van der Waals surface area contributed by atoms with Gasteiger partial charge in [-0.15, -0.1) is 0 Å². The van der Waals surface area contributed by atoms with Crippen LogP contribution >= 0.6 is 0 Å². The van der Waals surface area contributed by atoms with E-state index in [1.807, 2.05) is 74.5 Å². The number of benzene rings is 2. The van der Waals surface area contributed by atoms with Gasteiger partial charge in [-0.05, 0) is 17.0 Å². The van der Waals surface area contributed by atoms with Crippen molar-refractivity contribution in [3.8, 4) is 0 Å². The van der Waals surface area contributed by atoms with Crippen molar-refractivity contribution in [2.75, 3.05) is 14.2 Å². The Morgan fingerprint density at radius 3 is 1.93 bits per heavy atom. The van der Waals surface area contributed by atoms with Gasteiger partial charge in [-0.3, -0.25) is 4.79 Å². The fraction of sp³-hybridized carbons (Fsp3) is 0.381. The van der Waals surface area contributed by atoms with Crippen LogP contribution in [0, 0.1) is 5.92 Å². The molecule has 0 aliphatic carbocycles. The molecule has 0 heterocycles. The fourth-order valence-electron chi connectivity index (χ4n) is 2.87. The van der Waals surface area contributed by atoms with E-state index in [0.717, 1.165) is 11.1 Å². The van der Waals surface area contributed by atoms with Crippen molar-refractivity contribution in [2.24, 2.45) is 5.92 Å². The monoisotopic (exact) mass is 404 g/mol. The first-order valence-electron chi connectivity index (χ1n) is 9.16. The topological polar surface area (TPSA) is 59.1 Å². The summed E-state index contributed by atoms with van der Waals surface area (Å²) in [6, 6.07) is 18.6. The summed E-state index contributed by atoms with van der Waals surface area (Å²) in [7, 11) is 3.05. The van der Waals surface area contributed by atoms with Crippen molar-refractivity contribution in [3.63, 3.8) is 0 Å². The summed E-state index contributed by atoms with van der Waals surface area (Å²) < 4.78 is 25.2. The van der Waals surface area contributed by atoms with Gasteiger partial charge >= 0.3 is 5.97 Å². The third kappa shape index (κ3) is 6.53. The summed E-state index contributed by atoms with van der Waals surface area (Å²) in [6.07, 6.45) is 0. The van der Waals surface area contributed by atoms with Gasteiger partial charge in [0.2, 0.25) is 0 Å². The van der Waals surface area contributed by atoms with E-state index in [0.29, 0.717) is 13.1 Å². The Balaban J connectivity index is 2.18. The quantitative estimate of drug-likeness (QED) is 0.449. The summed E-state index contributed by atoms with van der Waals surface area (Å²) in [5.74, 6) is -0.545. The van der Waals surface area contributed by atoms with Gasteiger partial charge in [0.1, 0.15) is 6.04 Å². The average molecular weight is 405 g/mol. The predicted molar refractivity (Wildman–Crippen MR) is 110 cm³/mol. The maximum Gasteiger partial charge on any atom is 0.324 e. The number of hydroxylamine groups is 2. The van der Waals surface area contributed by atoms with Crippen LogP contribution in [0.25, 0.3) is 0 Å². The van der Waals surface area contributed by atoms with Gasteiger partial charge in [0.05, 0.1) is 13.7 Å². The van der Waals surface area contributed by atoms with Crippen LogP contribution in [-0.4, -0.2) is 39.7 Å². The second-order valence-electron chi connectivity index (χ2n) is 6.84. The zero-order chi connectivity index (χ0) is 20.5. The Morgan fingerprint density at radius 1 is 0.964 bits per heavy atom. The van der Waals surface area contributed by atoms with E-state index in [4.69, 9.17) is 9.02 Å². The third-order valence-corrected chi connectivity index (χ3v) is 5.32. The number of ether oxygens (including phenoxy) is 1. The Kier molecular flexibility index (Phi) is 8.79. The molecule has 2 aromatic rings. The van der Waals surface area contributed by atoms with Crippen molar-refractivity contribution in [3.05, 3.63) is 71.8 Å². The summed E-state index contributed by atoms with van der Waals surface area (Å²) in [6.45, 7) is 4.55. The average Bonchev–Trinajstić information content (AvgIpc) is 2.68. The van der Waals surface area contributed by atoms with Gasteiger partial charge in [0.25, 0.3) is 11.3 Å². The molecule has 1 unspecified atom stereocenters. The van der Waals surface area contributed by atoms with E-state index < -0.39 is 23.3 Å². The van der Waals surface area contributed by atoms with E-state index in [1.165, 1.54) is 16.5 Å². The van der Waals surface area contributed by atoms with Gasteiger partial charge in [-0.2, -0.15) is 13.7 Å². The van der Waals surface area contributed by atoms with Gasteiger partial charge in [-0.1, -0.05) is 74.5 Å². The zero-order valence-corrected chi connectivity index (χ0v) is 17.6. The SMILES string of the molecule is COC(=O)[C@@H](C(C)C)N(Cc1ccccc1)S(=O)ON(C)Cc1ccccc1. The van der Waals surface area contributed by atoms with E-state index >= 15 is 0 Å². The minimum Gasteiger partial charge on any atom is -0.468 e. The number of carbonyl (C=O) groups is 1. The minimum atomic E-state index is -1.88. The van der Waals surface area contributed by atoms with Gasteiger partial charge in [-0.25, -0.2) is 4.21 Å². The van der Waals surface area contributed by atoms with Crippen LogP contribution in [0.1, 0.15) is 25.0 Å². The van der Waals surface area contributed by atoms with Crippen molar-refractivity contribution in [1.82, 2.24) is 9.37 Å². The fourth-order valence-corrected chi connectivity index (χ4v) is 3.99. The molecule has 0 aliphatic rings. The lowest BCUT2D eigenvalue weighted by atomic mass is 10.0. The largest absolute Gasteiger partial charge is 0.468 e. The molecule has 0 bridgehead atoms. The highest BCUT2D eigenvalue weighted by molar-refractivity contribution is 7.77. The molecule has 0 aromatic heterocycles. The number of hydrogen-bond acceptors (Lipinski definition) is 5. The second kappa shape index (κ2) is 11.1. The lowest BCUT2D eigenvalue weighted by molar-refractivity contribution is -0.147. The molecule has 0 radical (unpaired) electrons. The maximum absolute atomic E-state index is 13.1. The number of esters is 1. The number of methoxy groups -OCH3 is 1. The molecule has 6 nitrogen and oxygen atoms in total. The summed E-state index contributed by atoms with van der Waals surface area (Å²) in [5, 5.41) is 1.51. The molecule has 0 fully saturated rings. The Hall–Kier alpha value is -2.06. The molecule has 2 atom stereocenters. The van der Waals surface area contributed by atoms with Gasteiger partial charge in [0.15, 0.2) is 0 Å². The van der Waals surface area contributed by atoms with Gasteiger partial charge in [0, 0.05) is 13.6 Å². The molecule has 152 valence electrons. The van der Waals surface area contributed by atoms with Crippen molar-refractivity contribution < 1.29 is 18.0 Å². The number of carbonyl (C=O) groups excluding carboxylic acids is 1. The van der Waals surface area contributed by atoms with Crippen molar-refractivity contribution in [1.29, 1.82) is 0 Å². The molecule has 2 rings (SSSR count). The molecule has 0 spiro atoms. The van der Waals surface area contributed by atoms with Crippen molar-refractivity contribution >= 4 is 17.2 Å². The molecular weight excluding hydrogens is 376 g/mol. The molecule has 28 heavy (non-hydrogen) atoms. The first-order valence-corrected chi connectivity index (χ1v) is 10.2. The van der Waals surface area contributed by atoms with E-state index in [1.54, 1.807) is 7.05 Å². The summed E-state index contributed by atoms with van der Waals surface area (Å²) in [4.78, 5) is 12.4. The Bertz CT molecular complexity index is 756. The highest BCUT2D eigenvalue weighted by atomic mass is 32.2. The summed E-state index contributed by atoms with van der Waals surface area (Å²) in [5.41, 5.74) is 1.96. The first kappa shape index (κ1) is 22.2. The van der Waals surface area contributed by atoms with Gasteiger partial charge < -0.3 is 4.74 Å². The number of rotatable bonds is 10. The third-order valence-electron chi connectivity index (χ3n) is 4.20.